The van der Waals surface area contributed by atoms with Crippen LogP contribution in [-0.2, 0) is 24.3 Å². The fourth-order valence-corrected chi connectivity index (χ4v) is 4.75. The molecule has 2 aliphatic rings. The predicted molar refractivity (Wildman–Crippen MR) is 125 cm³/mol. The van der Waals surface area contributed by atoms with Crippen molar-refractivity contribution in [1.29, 1.82) is 0 Å². The standard InChI is InChI=1S/C24H30FN7O/c1-14(2)9-18-22-17(25)10-16(20-12-28-21-13-27-7-8-32(20)21)11-19(22)30-24(29-18)31-23(33)15-3-5-26-6-4-15/h10-12,14-15,26-27H,3-9,13H2,1-2H3,(H,29,30,31,33). The van der Waals surface area contributed by atoms with Crippen LogP contribution in [0.1, 0.15) is 38.2 Å². The topological polar surface area (TPSA) is 96.8 Å². The number of halogens is 1. The molecule has 3 N–H and O–H groups in total. The Morgan fingerprint density at radius 3 is 2.82 bits per heavy atom. The van der Waals surface area contributed by atoms with Crippen molar-refractivity contribution in [3.05, 3.63) is 35.7 Å². The van der Waals surface area contributed by atoms with Crippen LogP contribution in [0.25, 0.3) is 22.2 Å². The van der Waals surface area contributed by atoms with Crippen LogP contribution < -0.4 is 16.0 Å². The average molecular weight is 452 g/mol. The molecule has 0 atom stereocenters. The molecule has 0 spiro atoms. The molecule has 0 unspecified atom stereocenters. The second kappa shape index (κ2) is 9.15. The van der Waals surface area contributed by atoms with Crippen LogP contribution in [0.15, 0.2) is 18.3 Å². The Morgan fingerprint density at radius 1 is 1.21 bits per heavy atom. The number of benzene rings is 1. The summed E-state index contributed by atoms with van der Waals surface area (Å²) in [4.78, 5) is 26.5. The number of amides is 1. The molecule has 0 aliphatic carbocycles. The largest absolute Gasteiger partial charge is 0.326 e. The highest BCUT2D eigenvalue weighted by molar-refractivity contribution is 5.93. The van der Waals surface area contributed by atoms with Gasteiger partial charge in [0.05, 0.1) is 35.0 Å². The van der Waals surface area contributed by atoms with Gasteiger partial charge in [-0.05, 0) is 50.4 Å². The van der Waals surface area contributed by atoms with Gasteiger partial charge in [-0.2, -0.15) is 0 Å². The summed E-state index contributed by atoms with van der Waals surface area (Å²) in [7, 11) is 0. The second-order valence-electron chi connectivity index (χ2n) is 9.35. The maximum atomic E-state index is 15.5. The van der Waals surface area contributed by atoms with Crippen molar-refractivity contribution in [2.45, 2.75) is 46.2 Å². The lowest BCUT2D eigenvalue weighted by Crippen LogP contribution is -2.35. The lowest BCUT2D eigenvalue weighted by atomic mass is 9.97. The zero-order valence-electron chi connectivity index (χ0n) is 19.1. The van der Waals surface area contributed by atoms with E-state index in [0.29, 0.717) is 29.6 Å². The summed E-state index contributed by atoms with van der Waals surface area (Å²) < 4.78 is 17.6. The van der Waals surface area contributed by atoms with Gasteiger partial charge in [0.1, 0.15) is 11.6 Å². The fourth-order valence-electron chi connectivity index (χ4n) is 4.75. The molecule has 0 saturated carbocycles. The van der Waals surface area contributed by atoms with Crippen LogP contribution in [0.2, 0.25) is 0 Å². The van der Waals surface area contributed by atoms with E-state index < -0.39 is 0 Å². The zero-order chi connectivity index (χ0) is 22.9. The lowest BCUT2D eigenvalue weighted by Gasteiger charge is -2.21. The molecule has 8 nitrogen and oxygen atoms in total. The molecule has 174 valence electrons. The molecule has 5 rings (SSSR count). The molecule has 2 aromatic heterocycles. The number of fused-ring (bicyclic) bond motifs is 2. The minimum Gasteiger partial charge on any atom is -0.326 e. The number of nitrogens with zero attached hydrogens (tertiary/aromatic N) is 4. The van der Waals surface area contributed by atoms with E-state index >= 15 is 4.39 Å². The number of imidazole rings is 1. The van der Waals surface area contributed by atoms with Gasteiger partial charge >= 0.3 is 0 Å². The predicted octanol–water partition coefficient (Wildman–Crippen LogP) is 2.87. The monoisotopic (exact) mass is 451 g/mol. The van der Waals surface area contributed by atoms with Crippen molar-refractivity contribution >= 4 is 22.8 Å². The van der Waals surface area contributed by atoms with Gasteiger partial charge in [0, 0.05) is 24.6 Å². The number of anilines is 1. The van der Waals surface area contributed by atoms with Gasteiger partial charge in [-0.3, -0.25) is 10.1 Å². The molecular formula is C24H30FN7O. The summed E-state index contributed by atoms with van der Waals surface area (Å²) in [6.07, 6.45) is 3.97. The number of rotatable bonds is 5. The number of nitrogens with one attached hydrogen (secondary N) is 3. The summed E-state index contributed by atoms with van der Waals surface area (Å²) in [6.45, 7) is 8.12. The number of piperidine rings is 1. The van der Waals surface area contributed by atoms with Crippen LogP contribution >= 0.6 is 0 Å². The van der Waals surface area contributed by atoms with Gasteiger partial charge in [-0.15, -0.1) is 0 Å². The van der Waals surface area contributed by atoms with Crippen LogP contribution in [-0.4, -0.2) is 45.1 Å². The van der Waals surface area contributed by atoms with Crippen molar-refractivity contribution in [3.8, 4) is 11.3 Å². The number of hydrogen-bond acceptors (Lipinski definition) is 6. The lowest BCUT2D eigenvalue weighted by molar-refractivity contribution is -0.120. The van der Waals surface area contributed by atoms with Crippen LogP contribution in [0, 0.1) is 17.7 Å². The minimum absolute atomic E-state index is 0.0610. The molecule has 0 radical (unpaired) electrons. The van der Waals surface area contributed by atoms with Crippen molar-refractivity contribution < 1.29 is 9.18 Å². The highest BCUT2D eigenvalue weighted by atomic mass is 19.1. The highest BCUT2D eigenvalue weighted by Crippen LogP contribution is 2.30. The number of carbonyl (C=O) groups is 1. The number of carbonyl (C=O) groups excluding carboxylic acids is 1. The molecular weight excluding hydrogens is 421 g/mol. The second-order valence-corrected chi connectivity index (χ2v) is 9.35. The third-order valence-corrected chi connectivity index (χ3v) is 6.40. The Hall–Kier alpha value is -2.91. The third kappa shape index (κ3) is 4.47. The van der Waals surface area contributed by atoms with Crippen molar-refractivity contribution in [1.82, 2.24) is 30.2 Å². The fraction of sp³-hybridized carbons (Fsp3) is 0.500. The molecule has 1 amide bonds. The van der Waals surface area contributed by atoms with E-state index in [1.807, 2.05) is 6.07 Å². The van der Waals surface area contributed by atoms with Crippen LogP contribution in [0.4, 0.5) is 10.3 Å². The maximum absolute atomic E-state index is 15.5. The van der Waals surface area contributed by atoms with E-state index in [2.05, 4.69) is 49.3 Å². The van der Waals surface area contributed by atoms with E-state index in [-0.39, 0.29) is 29.5 Å². The normalized spacial score (nSPS) is 16.8. The summed E-state index contributed by atoms with van der Waals surface area (Å²) in [5.41, 5.74) is 2.72. The van der Waals surface area contributed by atoms with Gasteiger partial charge in [-0.1, -0.05) is 13.8 Å². The zero-order valence-corrected chi connectivity index (χ0v) is 19.1. The first-order valence-corrected chi connectivity index (χ1v) is 11.8. The first kappa shape index (κ1) is 21.9. The van der Waals surface area contributed by atoms with Gasteiger partial charge in [0.25, 0.3) is 0 Å². The number of aromatic nitrogens is 4. The minimum atomic E-state index is -0.348. The summed E-state index contributed by atoms with van der Waals surface area (Å²) >= 11 is 0. The molecule has 1 fully saturated rings. The van der Waals surface area contributed by atoms with Crippen LogP contribution in [0.3, 0.4) is 0 Å². The van der Waals surface area contributed by atoms with E-state index in [4.69, 9.17) is 0 Å². The van der Waals surface area contributed by atoms with Gasteiger partial charge < -0.3 is 15.2 Å². The first-order valence-electron chi connectivity index (χ1n) is 11.8. The Kier molecular flexibility index (Phi) is 6.07. The average Bonchev–Trinajstić information content (AvgIpc) is 3.23. The Morgan fingerprint density at radius 2 is 2.03 bits per heavy atom. The van der Waals surface area contributed by atoms with E-state index in [1.165, 1.54) is 0 Å². The molecule has 0 bridgehead atoms. The van der Waals surface area contributed by atoms with Gasteiger partial charge in [-0.25, -0.2) is 19.3 Å². The molecule has 2 aliphatic heterocycles. The summed E-state index contributed by atoms with van der Waals surface area (Å²) in [5, 5.41) is 9.90. The summed E-state index contributed by atoms with van der Waals surface area (Å²) in [5.74, 6) is 0.991. The molecule has 1 aromatic carbocycles. The van der Waals surface area contributed by atoms with Gasteiger partial charge in [0.2, 0.25) is 11.9 Å². The smallest absolute Gasteiger partial charge is 0.230 e. The van der Waals surface area contributed by atoms with Crippen molar-refractivity contribution in [2.75, 3.05) is 25.0 Å². The quantitative estimate of drug-likeness (QED) is 0.552. The summed E-state index contributed by atoms with van der Waals surface area (Å²) in [6, 6.07) is 3.44. The Bertz CT molecular complexity index is 1180. The van der Waals surface area contributed by atoms with E-state index in [9.17, 15) is 4.79 Å². The van der Waals surface area contributed by atoms with Crippen LogP contribution in [0.5, 0.6) is 0 Å². The van der Waals surface area contributed by atoms with Gasteiger partial charge in [0.15, 0.2) is 0 Å². The molecule has 1 saturated heterocycles. The maximum Gasteiger partial charge on any atom is 0.230 e. The van der Waals surface area contributed by atoms with Crippen molar-refractivity contribution in [2.24, 2.45) is 11.8 Å². The third-order valence-electron chi connectivity index (χ3n) is 6.40. The van der Waals surface area contributed by atoms with E-state index in [0.717, 1.165) is 56.1 Å². The highest BCUT2D eigenvalue weighted by Gasteiger charge is 2.23. The molecule has 33 heavy (non-hydrogen) atoms. The SMILES string of the molecule is CC(C)Cc1nc(NC(=O)C2CCNCC2)nc2cc(-c3cnc4n3CCNC4)cc(F)c12. The Balaban J connectivity index is 1.56. The van der Waals surface area contributed by atoms with E-state index in [1.54, 1.807) is 12.3 Å². The molecule has 3 aromatic rings. The first-order chi connectivity index (χ1) is 16.0. The molecule has 9 heteroatoms. The van der Waals surface area contributed by atoms with Crippen molar-refractivity contribution in [3.63, 3.8) is 0 Å². The molecule has 4 heterocycles. The Labute approximate surface area is 192 Å². The number of hydrogen-bond donors (Lipinski definition) is 3.